The lowest BCUT2D eigenvalue weighted by Crippen LogP contribution is -2.35. The molecular formula is C20H28N2O6. The highest BCUT2D eigenvalue weighted by Gasteiger charge is 2.17. The summed E-state index contributed by atoms with van der Waals surface area (Å²) < 4.78 is 7.81. The number of ether oxygens (including phenoxy) is 1. The van der Waals surface area contributed by atoms with Gasteiger partial charge in [0.25, 0.3) is 0 Å². The van der Waals surface area contributed by atoms with Crippen LogP contribution >= 0.6 is 0 Å². The number of hydrogen-bond donors (Lipinski definition) is 4. The minimum atomic E-state index is -1.82. The third kappa shape index (κ3) is 5.79. The van der Waals surface area contributed by atoms with Crippen molar-refractivity contribution in [1.82, 2.24) is 9.88 Å². The van der Waals surface area contributed by atoms with Gasteiger partial charge < -0.3 is 29.9 Å². The summed E-state index contributed by atoms with van der Waals surface area (Å²) in [6.45, 7) is 7.21. The molecule has 1 aliphatic rings. The molecule has 4 N–H and O–H groups in total. The van der Waals surface area contributed by atoms with Gasteiger partial charge in [-0.25, -0.2) is 9.59 Å². The fourth-order valence-electron chi connectivity index (χ4n) is 3.33. The summed E-state index contributed by atoms with van der Waals surface area (Å²) in [6, 6.07) is 8.40. The maximum absolute atomic E-state index is 10.3. The molecule has 2 aromatic rings. The summed E-state index contributed by atoms with van der Waals surface area (Å²) in [5, 5.41) is 29.7. The molecule has 1 aromatic carbocycles. The third-order valence-corrected chi connectivity index (χ3v) is 4.90. The van der Waals surface area contributed by atoms with E-state index >= 15 is 0 Å². The van der Waals surface area contributed by atoms with Crippen LogP contribution in [0.4, 0.5) is 0 Å². The number of aliphatic hydroxyl groups excluding tert-OH is 1. The summed E-state index contributed by atoms with van der Waals surface area (Å²) in [5.41, 5.74) is 3.74. The van der Waals surface area contributed by atoms with Gasteiger partial charge in [-0.15, -0.1) is 0 Å². The van der Waals surface area contributed by atoms with Crippen molar-refractivity contribution in [3.05, 3.63) is 35.5 Å². The molecule has 1 aromatic heterocycles. The van der Waals surface area contributed by atoms with Gasteiger partial charge >= 0.3 is 11.9 Å². The van der Waals surface area contributed by atoms with Crippen molar-refractivity contribution in [2.75, 3.05) is 19.7 Å². The van der Waals surface area contributed by atoms with E-state index in [1.807, 2.05) is 0 Å². The number of aromatic nitrogens is 1. The quantitative estimate of drug-likeness (QED) is 0.550. The van der Waals surface area contributed by atoms with Crippen LogP contribution in [0.5, 0.6) is 0 Å². The zero-order valence-electron chi connectivity index (χ0n) is 16.2. The molecule has 3 rings (SSSR count). The minimum absolute atomic E-state index is 0.323. The van der Waals surface area contributed by atoms with Crippen LogP contribution in [-0.4, -0.2) is 63.7 Å². The lowest BCUT2D eigenvalue weighted by atomic mass is 10.2. The fourth-order valence-corrected chi connectivity index (χ4v) is 3.33. The van der Waals surface area contributed by atoms with Gasteiger partial charge in [-0.3, -0.25) is 0 Å². The Labute approximate surface area is 163 Å². The highest BCUT2D eigenvalue weighted by molar-refractivity contribution is 6.27. The van der Waals surface area contributed by atoms with Gasteiger partial charge in [0, 0.05) is 36.3 Å². The second-order valence-electron chi connectivity index (χ2n) is 6.90. The Morgan fingerprint density at radius 3 is 2.54 bits per heavy atom. The normalized spacial score (nSPS) is 17.2. The summed E-state index contributed by atoms with van der Waals surface area (Å²) in [7, 11) is 0. The monoisotopic (exact) mass is 392 g/mol. The van der Waals surface area contributed by atoms with Gasteiger partial charge in [0.1, 0.15) is 0 Å². The fraction of sp³-hybridized carbons (Fsp3) is 0.500. The smallest absolute Gasteiger partial charge is 0.414 e. The molecule has 2 atom stereocenters. The first-order chi connectivity index (χ1) is 13.3. The number of nitrogens with zero attached hydrogens (tertiary/aromatic N) is 1. The number of fused-ring (bicyclic) bond motifs is 1. The van der Waals surface area contributed by atoms with E-state index in [0.717, 1.165) is 26.0 Å². The van der Waals surface area contributed by atoms with E-state index in [1.165, 1.54) is 22.2 Å². The molecule has 0 amide bonds. The standard InChI is InChI=1S/C18H26N2O2.C2H2O4/c1-13-14(2)20(18-8-4-3-7-17(13)18)12-15(21)10-19-11-16-6-5-9-22-16;3-1(4)2(5)6/h3-4,7-8,15-16,19,21H,5-6,9-12H2,1-2H3;(H,3,4)(H,5,6). The zero-order chi connectivity index (χ0) is 20.7. The Morgan fingerprint density at radius 2 is 1.93 bits per heavy atom. The summed E-state index contributed by atoms with van der Waals surface area (Å²) in [6.07, 6.45) is 2.21. The number of carbonyl (C=O) groups is 2. The van der Waals surface area contributed by atoms with Crippen LogP contribution in [0.3, 0.4) is 0 Å². The highest BCUT2D eigenvalue weighted by atomic mass is 16.5. The molecule has 8 heteroatoms. The number of hydrogen-bond acceptors (Lipinski definition) is 5. The number of benzene rings is 1. The summed E-state index contributed by atoms with van der Waals surface area (Å²) in [5.74, 6) is -3.65. The van der Waals surface area contributed by atoms with E-state index in [-0.39, 0.29) is 0 Å². The molecule has 0 saturated carbocycles. The first-order valence-electron chi connectivity index (χ1n) is 9.32. The van der Waals surface area contributed by atoms with Crippen molar-refractivity contribution >= 4 is 22.8 Å². The van der Waals surface area contributed by atoms with Crippen LogP contribution in [0.1, 0.15) is 24.1 Å². The number of carboxylic acid groups (broad SMARTS) is 2. The Balaban J connectivity index is 0.000000409. The van der Waals surface area contributed by atoms with Crippen molar-refractivity contribution in [2.45, 2.75) is 45.4 Å². The lowest BCUT2D eigenvalue weighted by Gasteiger charge is -2.17. The molecule has 154 valence electrons. The highest BCUT2D eigenvalue weighted by Crippen LogP contribution is 2.25. The average molecular weight is 392 g/mol. The Hall–Kier alpha value is -2.42. The number of aliphatic hydroxyl groups is 1. The maximum Gasteiger partial charge on any atom is 0.414 e. The average Bonchev–Trinajstić information content (AvgIpc) is 3.26. The van der Waals surface area contributed by atoms with Crippen LogP contribution in [0.2, 0.25) is 0 Å². The minimum Gasteiger partial charge on any atom is -0.473 e. The van der Waals surface area contributed by atoms with E-state index in [9.17, 15) is 5.11 Å². The number of carboxylic acids is 2. The number of aliphatic carboxylic acids is 2. The third-order valence-electron chi connectivity index (χ3n) is 4.90. The number of para-hydroxylation sites is 1. The first kappa shape index (κ1) is 21.9. The molecule has 1 fully saturated rings. The topological polar surface area (TPSA) is 121 Å². The van der Waals surface area contributed by atoms with E-state index < -0.39 is 18.0 Å². The molecule has 1 saturated heterocycles. The molecule has 0 spiro atoms. The molecule has 0 aliphatic carbocycles. The van der Waals surface area contributed by atoms with Crippen LogP contribution in [-0.2, 0) is 20.9 Å². The Bertz CT molecular complexity index is 798. The van der Waals surface area contributed by atoms with E-state index in [4.69, 9.17) is 24.5 Å². The molecule has 0 bridgehead atoms. The van der Waals surface area contributed by atoms with Crippen molar-refractivity contribution in [3.63, 3.8) is 0 Å². The number of nitrogens with one attached hydrogen (secondary N) is 1. The van der Waals surface area contributed by atoms with Crippen LogP contribution in [0, 0.1) is 13.8 Å². The van der Waals surface area contributed by atoms with Gasteiger partial charge in [0.2, 0.25) is 0 Å². The van der Waals surface area contributed by atoms with Crippen molar-refractivity contribution < 1.29 is 29.6 Å². The molecule has 2 unspecified atom stereocenters. The summed E-state index contributed by atoms with van der Waals surface area (Å²) in [4.78, 5) is 18.2. The predicted molar refractivity (Wildman–Crippen MR) is 105 cm³/mol. The molecule has 0 radical (unpaired) electrons. The van der Waals surface area contributed by atoms with Crippen LogP contribution in [0.15, 0.2) is 24.3 Å². The molecular weight excluding hydrogens is 364 g/mol. The lowest BCUT2D eigenvalue weighted by molar-refractivity contribution is -0.159. The van der Waals surface area contributed by atoms with Crippen molar-refractivity contribution in [3.8, 4) is 0 Å². The largest absolute Gasteiger partial charge is 0.473 e. The molecule has 28 heavy (non-hydrogen) atoms. The Kier molecular flexibility index (Phi) is 7.98. The first-order valence-corrected chi connectivity index (χ1v) is 9.32. The molecule has 2 heterocycles. The van der Waals surface area contributed by atoms with E-state index in [0.29, 0.717) is 19.2 Å². The van der Waals surface area contributed by atoms with Gasteiger partial charge in [-0.2, -0.15) is 0 Å². The SMILES string of the molecule is Cc1c(C)n(CC(O)CNCC2CCCO2)c2ccccc12.O=C(O)C(=O)O. The van der Waals surface area contributed by atoms with Gasteiger partial charge in [-0.1, -0.05) is 18.2 Å². The number of rotatable bonds is 6. The van der Waals surface area contributed by atoms with Gasteiger partial charge in [0.15, 0.2) is 0 Å². The van der Waals surface area contributed by atoms with E-state index in [1.54, 1.807) is 0 Å². The van der Waals surface area contributed by atoms with Crippen LogP contribution < -0.4 is 5.32 Å². The van der Waals surface area contributed by atoms with Crippen molar-refractivity contribution in [1.29, 1.82) is 0 Å². The number of aryl methyl sites for hydroxylation is 1. The van der Waals surface area contributed by atoms with Crippen LogP contribution in [0.25, 0.3) is 10.9 Å². The maximum atomic E-state index is 10.3. The van der Waals surface area contributed by atoms with E-state index in [2.05, 4.69) is 48.0 Å². The molecule has 8 nitrogen and oxygen atoms in total. The predicted octanol–water partition coefficient (Wildman–Crippen LogP) is 1.54. The van der Waals surface area contributed by atoms with Gasteiger partial charge in [0.05, 0.1) is 18.8 Å². The van der Waals surface area contributed by atoms with Gasteiger partial charge in [-0.05, 0) is 38.3 Å². The summed E-state index contributed by atoms with van der Waals surface area (Å²) >= 11 is 0. The van der Waals surface area contributed by atoms with Crippen molar-refractivity contribution in [2.24, 2.45) is 0 Å². The Morgan fingerprint density at radius 1 is 1.25 bits per heavy atom. The second-order valence-corrected chi connectivity index (χ2v) is 6.90. The second kappa shape index (κ2) is 10.2. The zero-order valence-corrected chi connectivity index (χ0v) is 16.2. The molecule has 1 aliphatic heterocycles.